The number of nitrogens with zero attached hydrogens (tertiary/aromatic N) is 1. The molecule has 146 valence electrons. The Balaban J connectivity index is 1.70. The lowest BCUT2D eigenvalue weighted by Gasteiger charge is -2.26. The molecule has 4 atom stereocenters. The number of morpholine rings is 1. The van der Waals surface area contributed by atoms with Gasteiger partial charge in [0.15, 0.2) is 0 Å². The highest BCUT2D eigenvalue weighted by atomic mass is 32.2. The molecule has 11 heteroatoms. The first-order chi connectivity index (χ1) is 11.8. The van der Waals surface area contributed by atoms with E-state index in [4.69, 9.17) is 9.47 Å². The van der Waals surface area contributed by atoms with Crippen LogP contribution in [0.25, 0.3) is 0 Å². The molecule has 2 heterocycles. The zero-order chi connectivity index (χ0) is 18.4. The van der Waals surface area contributed by atoms with E-state index < -0.39 is 34.4 Å². The molecule has 0 aromatic carbocycles. The lowest BCUT2D eigenvalue weighted by Crippen LogP contribution is -2.42. The Kier molecular flexibility index (Phi) is 7.55. The Morgan fingerprint density at radius 1 is 1.20 bits per heavy atom. The summed E-state index contributed by atoms with van der Waals surface area (Å²) in [6.07, 6.45) is -3.36. The number of ether oxygens (including phenoxy) is 2. The Bertz CT molecular complexity index is 539. The third-order valence-electron chi connectivity index (χ3n) is 4.25. The summed E-state index contributed by atoms with van der Waals surface area (Å²) in [4.78, 5) is 14.2. The zero-order valence-corrected chi connectivity index (χ0v) is 15.1. The fraction of sp³-hybridized carbons (Fsp3) is 0.929. The summed E-state index contributed by atoms with van der Waals surface area (Å²) in [7, 11) is -3.43. The summed E-state index contributed by atoms with van der Waals surface area (Å²) in [5.41, 5.74) is 0. The van der Waals surface area contributed by atoms with Crippen molar-refractivity contribution in [3.05, 3.63) is 0 Å². The first-order valence-corrected chi connectivity index (χ1v) is 10.2. The normalized spacial score (nSPS) is 31.2. The summed E-state index contributed by atoms with van der Waals surface area (Å²) in [6, 6.07) is 0. The van der Waals surface area contributed by atoms with Gasteiger partial charge in [-0.2, -0.15) is 0 Å². The fourth-order valence-electron chi connectivity index (χ4n) is 2.83. The van der Waals surface area contributed by atoms with Crippen LogP contribution in [0.2, 0.25) is 0 Å². The summed E-state index contributed by atoms with van der Waals surface area (Å²) in [5.74, 6) is -0.291. The van der Waals surface area contributed by atoms with Crippen LogP contribution in [0.15, 0.2) is 0 Å². The minimum Gasteiger partial charge on any atom is -0.388 e. The van der Waals surface area contributed by atoms with E-state index in [9.17, 15) is 23.4 Å². The predicted molar refractivity (Wildman–Crippen MR) is 88.4 cm³/mol. The van der Waals surface area contributed by atoms with Crippen LogP contribution < -0.4 is 10.0 Å². The van der Waals surface area contributed by atoms with Gasteiger partial charge in [0, 0.05) is 32.7 Å². The molecule has 0 aromatic rings. The number of carbonyl (C=O) groups excluding carboxylic acids is 1. The molecule has 25 heavy (non-hydrogen) atoms. The number of amides is 1. The van der Waals surface area contributed by atoms with E-state index in [0.29, 0.717) is 26.3 Å². The van der Waals surface area contributed by atoms with Gasteiger partial charge in [-0.05, 0) is 0 Å². The molecule has 10 nitrogen and oxygen atoms in total. The van der Waals surface area contributed by atoms with E-state index in [-0.39, 0.29) is 18.9 Å². The third kappa shape index (κ3) is 6.77. The van der Waals surface area contributed by atoms with Crippen LogP contribution in [0.1, 0.15) is 6.42 Å². The Labute approximate surface area is 147 Å². The Hall–Kier alpha value is -0.820. The van der Waals surface area contributed by atoms with E-state index in [0.717, 1.165) is 19.3 Å². The molecule has 0 bridgehead atoms. The van der Waals surface area contributed by atoms with Gasteiger partial charge in [-0.3, -0.25) is 9.69 Å². The summed E-state index contributed by atoms with van der Waals surface area (Å²) in [5, 5.41) is 22.7. The number of nitrogens with one attached hydrogen (secondary N) is 2. The second-order valence-corrected chi connectivity index (χ2v) is 8.16. The van der Waals surface area contributed by atoms with Crippen molar-refractivity contribution >= 4 is 15.9 Å². The van der Waals surface area contributed by atoms with Gasteiger partial charge in [-0.15, -0.1) is 0 Å². The lowest BCUT2D eigenvalue weighted by molar-refractivity contribution is -0.125. The van der Waals surface area contributed by atoms with Gasteiger partial charge < -0.3 is 25.0 Å². The molecule has 1 amide bonds. The van der Waals surface area contributed by atoms with Gasteiger partial charge in [0.1, 0.15) is 18.3 Å². The van der Waals surface area contributed by atoms with Crippen molar-refractivity contribution in [3.8, 4) is 0 Å². The van der Waals surface area contributed by atoms with Crippen molar-refractivity contribution in [3.63, 3.8) is 0 Å². The van der Waals surface area contributed by atoms with Crippen molar-refractivity contribution in [2.24, 2.45) is 0 Å². The second-order valence-electron chi connectivity index (χ2n) is 6.32. The molecule has 0 radical (unpaired) electrons. The van der Waals surface area contributed by atoms with Gasteiger partial charge in [-0.25, -0.2) is 13.1 Å². The van der Waals surface area contributed by atoms with Crippen LogP contribution >= 0.6 is 0 Å². The van der Waals surface area contributed by atoms with E-state index in [2.05, 4.69) is 14.9 Å². The molecule has 0 spiro atoms. The molecule has 2 saturated heterocycles. The molecule has 0 aliphatic carbocycles. The first kappa shape index (κ1) is 20.5. The standard InChI is InChI=1S/C14H27N3O7S/c1-25(21,22)16-9-11-14(20)13(19)10(24-11)8-12(18)15-2-3-17-4-6-23-7-5-17/h10-11,13-14,16,19-20H,2-9H2,1H3,(H,15,18)/t10-,11+,13-,14+/m0/s1. The average molecular weight is 381 g/mol. The van der Waals surface area contributed by atoms with Crippen molar-refractivity contribution in [2.45, 2.75) is 30.8 Å². The van der Waals surface area contributed by atoms with E-state index in [1.54, 1.807) is 0 Å². The minimum atomic E-state index is -3.43. The highest BCUT2D eigenvalue weighted by Crippen LogP contribution is 2.23. The second kappa shape index (κ2) is 9.21. The van der Waals surface area contributed by atoms with E-state index in [1.165, 1.54) is 0 Å². The number of hydrogen-bond acceptors (Lipinski definition) is 8. The molecule has 2 fully saturated rings. The van der Waals surface area contributed by atoms with E-state index in [1.807, 2.05) is 0 Å². The van der Waals surface area contributed by atoms with Crippen molar-refractivity contribution in [1.82, 2.24) is 14.9 Å². The quantitative estimate of drug-likeness (QED) is 0.346. The average Bonchev–Trinajstić information content (AvgIpc) is 2.81. The number of sulfonamides is 1. The van der Waals surface area contributed by atoms with E-state index >= 15 is 0 Å². The van der Waals surface area contributed by atoms with Gasteiger partial charge in [-0.1, -0.05) is 0 Å². The topological polar surface area (TPSA) is 137 Å². The molecule has 0 aromatic heterocycles. The van der Waals surface area contributed by atoms with Crippen LogP contribution in [0.4, 0.5) is 0 Å². The number of carbonyl (C=O) groups is 1. The van der Waals surface area contributed by atoms with Gasteiger partial charge in [0.2, 0.25) is 15.9 Å². The maximum atomic E-state index is 12.0. The van der Waals surface area contributed by atoms with Gasteiger partial charge >= 0.3 is 0 Å². The molecule has 4 N–H and O–H groups in total. The fourth-order valence-corrected chi connectivity index (χ4v) is 3.30. The lowest BCUT2D eigenvalue weighted by atomic mass is 10.1. The van der Waals surface area contributed by atoms with Crippen LogP contribution in [-0.2, 0) is 24.3 Å². The summed E-state index contributed by atoms with van der Waals surface area (Å²) < 4.78 is 35.1. The molecule has 0 unspecified atom stereocenters. The SMILES string of the molecule is CS(=O)(=O)NC[C@H]1O[C@@H](CC(=O)NCCN2CCOCC2)[C@H](O)[C@@H]1O. The largest absolute Gasteiger partial charge is 0.388 e. The third-order valence-corrected chi connectivity index (χ3v) is 4.94. The zero-order valence-electron chi connectivity index (χ0n) is 14.3. The van der Waals surface area contributed by atoms with Crippen LogP contribution in [0.3, 0.4) is 0 Å². The number of aliphatic hydroxyl groups excluding tert-OH is 2. The molecule has 0 saturated carbocycles. The molecular formula is C14H27N3O7S. The number of hydrogen-bond donors (Lipinski definition) is 4. The van der Waals surface area contributed by atoms with Crippen LogP contribution in [0, 0.1) is 0 Å². The van der Waals surface area contributed by atoms with Gasteiger partial charge in [0.05, 0.1) is 32.0 Å². The van der Waals surface area contributed by atoms with Crippen molar-refractivity contribution < 1.29 is 32.9 Å². The summed E-state index contributed by atoms with van der Waals surface area (Å²) in [6.45, 7) is 4.08. The first-order valence-electron chi connectivity index (χ1n) is 8.29. The van der Waals surface area contributed by atoms with Crippen molar-refractivity contribution in [2.75, 3.05) is 52.2 Å². The maximum Gasteiger partial charge on any atom is 0.222 e. The van der Waals surface area contributed by atoms with Crippen LogP contribution in [0.5, 0.6) is 0 Å². The molecular weight excluding hydrogens is 354 g/mol. The maximum absolute atomic E-state index is 12.0. The van der Waals surface area contributed by atoms with Crippen molar-refractivity contribution in [1.29, 1.82) is 0 Å². The minimum absolute atomic E-state index is 0.100. The number of rotatable bonds is 8. The highest BCUT2D eigenvalue weighted by Gasteiger charge is 2.43. The predicted octanol–water partition coefficient (Wildman–Crippen LogP) is -3.14. The summed E-state index contributed by atoms with van der Waals surface area (Å²) >= 11 is 0. The Morgan fingerprint density at radius 3 is 2.48 bits per heavy atom. The van der Waals surface area contributed by atoms with Gasteiger partial charge in [0.25, 0.3) is 0 Å². The molecule has 2 aliphatic rings. The molecule has 2 aliphatic heterocycles. The molecule has 2 rings (SSSR count). The highest BCUT2D eigenvalue weighted by molar-refractivity contribution is 7.88. The monoisotopic (exact) mass is 381 g/mol. The smallest absolute Gasteiger partial charge is 0.222 e. The van der Waals surface area contributed by atoms with Crippen LogP contribution in [-0.4, -0.2) is 106 Å². The Morgan fingerprint density at radius 2 is 1.84 bits per heavy atom. The number of aliphatic hydroxyl groups is 2.